The number of hydrogen-bond donors (Lipinski definition) is 1. The van der Waals surface area contributed by atoms with E-state index in [9.17, 15) is 9.59 Å². The fraction of sp³-hybridized carbons (Fsp3) is 0.167. The average molecular weight is 278 g/mol. The molecule has 1 amide bonds. The van der Waals surface area contributed by atoms with Crippen LogP contribution in [0.1, 0.15) is 0 Å². The highest BCUT2D eigenvalue weighted by atomic mass is 32.1. The molecule has 7 heteroatoms. The van der Waals surface area contributed by atoms with Crippen LogP contribution in [0.2, 0.25) is 0 Å². The number of nitrogens with zero attached hydrogens (tertiary/aromatic N) is 1. The Labute approximate surface area is 114 Å². The third kappa shape index (κ3) is 2.60. The molecule has 0 fully saturated rings. The quantitative estimate of drug-likeness (QED) is 0.497. The van der Waals surface area contributed by atoms with Gasteiger partial charge in [-0.1, -0.05) is 24.4 Å². The summed E-state index contributed by atoms with van der Waals surface area (Å²) >= 11 is 5.14. The van der Waals surface area contributed by atoms with E-state index in [1.54, 1.807) is 24.3 Å². The molecule has 0 radical (unpaired) electrons. The maximum atomic E-state index is 11.7. The van der Waals surface area contributed by atoms with E-state index >= 15 is 0 Å². The van der Waals surface area contributed by atoms with Crippen molar-refractivity contribution >= 4 is 41.2 Å². The lowest BCUT2D eigenvalue weighted by atomic mass is 10.1. The molecule has 0 aliphatic carbocycles. The molecule has 1 unspecified atom stereocenters. The lowest BCUT2D eigenvalue weighted by molar-refractivity contribution is -0.141. The van der Waals surface area contributed by atoms with Gasteiger partial charge >= 0.3 is 5.97 Å². The summed E-state index contributed by atoms with van der Waals surface area (Å²) in [5.41, 5.74) is 0.595. The Bertz CT molecular complexity index is 571. The Morgan fingerprint density at radius 1 is 1.53 bits per heavy atom. The van der Waals surface area contributed by atoms with E-state index in [0.717, 1.165) is 0 Å². The van der Waals surface area contributed by atoms with E-state index in [0.29, 0.717) is 17.8 Å². The number of amides is 1. The van der Waals surface area contributed by atoms with Crippen LogP contribution in [-0.4, -0.2) is 30.4 Å². The molecule has 0 bridgehead atoms. The molecule has 1 aliphatic rings. The Hall–Kier alpha value is -2.28. The first-order valence-corrected chi connectivity index (χ1v) is 5.75. The maximum absolute atomic E-state index is 11.7. The fourth-order valence-electron chi connectivity index (χ4n) is 1.63. The molecule has 1 aliphatic heterocycles. The predicted molar refractivity (Wildman–Crippen MR) is 72.3 cm³/mol. The topological polar surface area (TPSA) is 77.0 Å². The summed E-state index contributed by atoms with van der Waals surface area (Å²) in [7, 11) is 1.22. The van der Waals surface area contributed by atoms with Crippen LogP contribution in [0.3, 0.4) is 0 Å². The van der Waals surface area contributed by atoms with E-state index in [4.69, 9.17) is 17.0 Å². The Morgan fingerprint density at radius 2 is 2.26 bits per heavy atom. The predicted octanol–water partition coefficient (Wildman–Crippen LogP) is 1.16. The molecule has 19 heavy (non-hydrogen) atoms. The molecule has 6 nitrogen and oxygen atoms in total. The number of thiocarbonyl (C=S) groups is 1. The second-order valence-corrected chi connectivity index (χ2v) is 4.06. The molecular weight excluding hydrogens is 268 g/mol. The van der Waals surface area contributed by atoms with Gasteiger partial charge in [-0.2, -0.15) is 4.99 Å². The van der Waals surface area contributed by atoms with Crippen molar-refractivity contribution in [1.82, 2.24) is 0 Å². The number of methoxy groups -OCH3 is 1. The van der Waals surface area contributed by atoms with Crippen molar-refractivity contribution in [2.75, 3.05) is 12.4 Å². The number of benzene rings is 1. The van der Waals surface area contributed by atoms with Crippen molar-refractivity contribution in [2.24, 2.45) is 10.9 Å². The van der Waals surface area contributed by atoms with Crippen LogP contribution in [0, 0.1) is 5.92 Å². The van der Waals surface area contributed by atoms with Crippen LogP contribution >= 0.6 is 12.2 Å². The SMILES string of the molecule is COC(=O)C1C(=S)Nc2ccccc2OC1=NC=O. The second-order valence-electron chi connectivity index (χ2n) is 3.62. The van der Waals surface area contributed by atoms with Gasteiger partial charge in [-0.25, -0.2) is 0 Å². The van der Waals surface area contributed by atoms with Gasteiger partial charge in [-0.05, 0) is 12.1 Å². The molecule has 1 aromatic rings. The second kappa shape index (κ2) is 5.57. The average Bonchev–Trinajstić information content (AvgIpc) is 2.54. The molecule has 1 atom stereocenters. The zero-order valence-electron chi connectivity index (χ0n) is 9.95. The standard InChI is InChI=1S/C12H10N2O4S/c1-17-12(16)9-10(13-6-15)18-8-5-3-2-4-7(8)14-11(9)19/h2-6,9H,1H3,(H,14,19). The van der Waals surface area contributed by atoms with Crippen LogP contribution < -0.4 is 10.1 Å². The van der Waals surface area contributed by atoms with Crippen molar-refractivity contribution < 1.29 is 19.1 Å². The number of nitrogens with one attached hydrogen (secondary N) is 1. The summed E-state index contributed by atoms with van der Waals surface area (Å²) in [6, 6.07) is 6.94. The number of hydrogen-bond acceptors (Lipinski definition) is 5. The lowest BCUT2D eigenvalue weighted by Gasteiger charge is -2.13. The van der Waals surface area contributed by atoms with E-state index in [1.165, 1.54) is 7.11 Å². The molecule has 1 aromatic carbocycles. The first-order valence-electron chi connectivity index (χ1n) is 5.34. The normalized spacial score (nSPS) is 19.7. The van der Waals surface area contributed by atoms with E-state index in [2.05, 4.69) is 15.0 Å². The first-order chi connectivity index (χ1) is 9.17. The van der Waals surface area contributed by atoms with Crippen molar-refractivity contribution in [2.45, 2.75) is 0 Å². The minimum atomic E-state index is -1.04. The number of esters is 1. The molecule has 0 saturated heterocycles. The summed E-state index contributed by atoms with van der Waals surface area (Å²) in [4.78, 5) is 26.0. The maximum Gasteiger partial charge on any atom is 0.325 e. The number of fused-ring (bicyclic) bond motifs is 1. The Morgan fingerprint density at radius 3 is 2.95 bits per heavy atom. The van der Waals surface area contributed by atoms with Crippen molar-refractivity contribution in [3.05, 3.63) is 24.3 Å². The van der Waals surface area contributed by atoms with Gasteiger partial charge < -0.3 is 14.8 Å². The van der Waals surface area contributed by atoms with Crippen molar-refractivity contribution in [1.29, 1.82) is 0 Å². The van der Waals surface area contributed by atoms with Gasteiger partial charge in [0.1, 0.15) is 4.99 Å². The number of carbonyl (C=O) groups excluding carboxylic acids is 2. The molecule has 1 heterocycles. The summed E-state index contributed by atoms with van der Waals surface area (Å²) in [5, 5.41) is 2.88. The summed E-state index contributed by atoms with van der Waals surface area (Å²) in [6.07, 6.45) is 0.293. The smallest absolute Gasteiger partial charge is 0.325 e. The van der Waals surface area contributed by atoms with Crippen molar-refractivity contribution in [3.63, 3.8) is 0 Å². The highest BCUT2D eigenvalue weighted by Crippen LogP contribution is 2.29. The monoisotopic (exact) mass is 278 g/mol. The van der Waals surface area contributed by atoms with Crippen LogP contribution in [0.4, 0.5) is 5.69 Å². The Balaban J connectivity index is 2.48. The van der Waals surface area contributed by atoms with Gasteiger partial charge in [0.15, 0.2) is 11.7 Å². The molecule has 98 valence electrons. The van der Waals surface area contributed by atoms with Gasteiger partial charge in [0.05, 0.1) is 12.8 Å². The van der Waals surface area contributed by atoms with E-state index < -0.39 is 11.9 Å². The highest BCUT2D eigenvalue weighted by molar-refractivity contribution is 7.80. The molecule has 2 rings (SSSR count). The number of carbonyl (C=O) groups is 2. The van der Waals surface area contributed by atoms with Gasteiger partial charge in [0.25, 0.3) is 0 Å². The summed E-state index contributed by atoms with van der Waals surface area (Å²) < 4.78 is 10.1. The summed E-state index contributed by atoms with van der Waals surface area (Å²) in [6.45, 7) is 0. The van der Waals surface area contributed by atoms with Crippen LogP contribution in [0.15, 0.2) is 29.3 Å². The molecule has 0 saturated carbocycles. The highest BCUT2D eigenvalue weighted by Gasteiger charge is 2.35. The number of para-hydroxylation sites is 2. The Kier molecular flexibility index (Phi) is 3.86. The van der Waals surface area contributed by atoms with E-state index in [1.807, 2.05) is 0 Å². The van der Waals surface area contributed by atoms with Crippen LogP contribution in [0.25, 0.3) is 0 Å². The number of rotatable bonds is 2. The van der Waals surface area contributed by atoms with Gasteiger partial charge in [-0.3, -0.25) is 9.59 Å². The van der Waals surface area contributed by atoms with Gasteiger partial charge in [-0.15, -0.1) is 0 Å². The fourth-order valence-corrected chi connectivity index (χ4v) is 1.93. The van der Waals surface area contributed by atoms with Gasteiger partial charge in [0, 0.05) is 0 Å². The summed E-state index contributed by atoms with van der Waals surface area (Å²) in [5.74, 6) is -1.37. The number of ether oxygens (including phenoxy) is 2. The third-order valence-corrected chi connectivity index (χ3v) is 2.82. The molecule has 1 N–H and O–H groups in total. The minimum Gasteiger partial charge on any atom is -0.468 e. The van der Waals surface area contributed by atoms with Gasteiger partial charge in [0.2, 0.25) is 12.3 Å². The minimum absolute atomic E-state index is 0.107. The largest absolute Gasteiger partial charge is 0.468 e. The van der Waals surface area contributed by atoms with Crippen molar-refractivity contribution in [3.8, 4) is 5.75 Å². The molecule has 0 aromatic heterocycles. The first kappa shape index (κ1) is 13.2. The van der Waals surface area contributed by atoms with Crippen LogP contribution in [-0.2, 0) is 14.3 Å². The third-order valence-electron chi connectivity index (χ3n) is 2.49. The zero-order chi connectivity index (χ0) is 13.8. The molecule has 0 spiro atoms. The zero-order valence-corrected chi connectivity index (χ0v) is 10.8. The number of aliphatic imine (C=N–C) groups is 1. The van der Waals surface area contributed by atoms with E-state index in [-0.39, 0.29) is 10.9 Å². The van der Waals surface area contributed by atoms with Crippen LogP contribution in [0.5, 0.6) is 5.75 Å². The molecular formula is C12H10N2O4S. The number of anilines is 1. The lowest BCUT2D eigenvalue weighted by Crippen LogP contribution is -2.36.